The number of aliphatic hydroxyl groups excluding tert-OH is 1. The molecular weight excluding hydrogens is 172 g/mol. The Hall–Kier alpha value is -1.08. The number of allylic oxidation sites excluding steroid dienone is 1. The molecule has 1 N–H and O–H groups in total. The lowest BCUT2D eigenvalue weighted by molar-refractivity contribution is 0.206. The summed E-state index contributed by atoms with van der Waals surface area (Å²) in [7, 11) is 0. The summed E-state index contributed by atoms with van der Waals surface area (Å²) in [6.45, 7) is 2.10. The Kier molecular flexibility index (Phi) is 2.69. The van der Waals surface area contributed by atoms with Crippen LogP contribution >= 0.6 is 0 Å². The molecule has 0 spiro atoms. The molecule has 1 aliphatic rings. The van der Waals surface area contributed by atoms with Crippen LogP contribution in [0.15, 0.2) is 30.3 Å². The van der Waals surface area contributed by atoms with Gasteiger partial charge in [0, 0.05) is 0 Å². The second kappa shape index (κ2) is 3.97. The minimum absolute atomic E-state index is 0.237. The Morgan fingerprint density at radius 3 is 2.93 bits per heavy atom. The summed E-state index contributed by atoms with van der Waals surface area (Å²) in [5, 5.41) is 9.53. The maximum absolute atomic E-state index is 9.53. The smallest absolute Gasteiger partial charge is 0.0726 e. The van der Waals surface area contributed by atoms with E-state index in [1.165, 1.54) is 16.7 Å². The van der Waals surface area contributed by atoms with Gasteiger partial charge in [0.15, 0.2) is 0 Å². The number of hydrogen-bond donors (Lipinski definition) is 1. The van der Waals surface area contributed by atoms with Crippen LogP contribution in [0.2, 0.25) is 0 Å². The van der Waals surface area contributed by atoms with E-state index in [0.29, 0.717) is 0 Å². The second-order valence-electron chi connectivity index (χ2n) is 4.02. The third-order valence-electron chi connectivity index (χ3n) is 2.73. The fourth-order valence-corrected chi connectivity index (χ4v) is 1.99. The van der Waals surface area contributed by atoms with Crippen LogP contribution in [0.4, 0.5) is 0 Å². The molecule has 0 heterocycles. The lowest BCUT2D eigenvalue weighted by Crippen LogP contribution is -2.08. The van der Waals surface area contributed by atoms with Crippen molar-refractivity contribution in [2.24, 2.45) is 0 Å². The van der Waals surface area contributed by atoms with Crippen molar-refractivity contribution in [3.63, 3.8) is 0 Å². The first-order chi connectivity index (χ1) is 6.75. The molecule has 0 saturated heterocycles. The molecule has 2 rings (SSSR count). The standard InChI is InChI=1S/C13H16O/c1-10-4-2-5-11(8-10)12-6-3-7-13(14)9-12/h2,4-5,8-9,13-14H,3,6-7H2,1H3/t13-/m1/s1. The molecule has 14 heavy (non-hydrogen) atoms. The summed E-state index contributed by atoms with van der Waals surface area (Å²) in [4.78, 5) is 0. The normalized spacial score (nSPS) is 21.9. The van der Waals surface area contributed by atoms with Crippen LogP contribution < -0.4 is 0 Å². The number of aliphatic hydroxyl groups is 1. The Morgan fingerprint density at radius 2 is 2.21 bits per heavy atom. The van der Waals surface area contributed by atoms with E-state index in [4.69, 9.17) is 0 Å². The molecule has 0 bridgehead atoms. The summed E-state index contributed by atoms with van der Waals surface area (Å²) in [5.74, 6) is 0. The van der Waals surface area contributed by atoms with Gasteiger partial charge in [0.2, 0.25) is 0 Å². The largest absolute Gasteiger partial charge is 0.389 e. The van der Waals surface area contributed by atoms with Gasteiger partial charge in [-0.25, -0.2) is 0 Å². The predicted octanol–water partition coefficient (Wildman–Crippen LogP) is 2.92. The summed E-state index contributed by atoms with van der Waals surface area (Å²) >= 11 is 0. The van der Waals surface area contributed by atoms with Gasteiger partial charge in [-0.1, -0.05) is 35.9 Å². The molecule has 1 aliphatic carbocycles. The number of rotatable bonds is 1. The zero-order chi connectivity index (χ0) is 9.97. The molecule has 74 valence electrons. The summed E-state index contributed by atoms with van der Waals surface area (Å²) in [6, 6.07) is 8.48. The summed E-state index contributed by atoms with van der Waals surface area (Å²) in [6.07, 6.45) is 4.87. The van der Waals surface area contributed by atoms with Crippen LogP contribution in [0.3, 0.4) is 0 Å². The van der Waals surface area contributed by atoms with Crippen LogP contribution in [0, 0.1) is 6.92 Å². The van der Waals surface area contributed by atoms with E-state index in [9.17, 15) is 5.11 Å². The number of aryl methyl sites for hydroxylation is 1. The molecule has 1 aromatic rings. The topological polar surface area (TPSA) is 20.2 Å². The van der Waals surface area contributed by atoms with Gasteiger partial charge in [-0.2, -0.15) is 0 Å². The van der Waals surface area contributed by atoms with E-state index in [-0.39, 0.29) is 6.10 Å². The van der Waals surface area contributed by atoms with Crippen molar-refractivity contribution in [2.75, 3.05) is 0 Å². The first-order valence-corrected chi connectivity index (χ1v) is 5.21. The van der Waals surface area contributed by atoms with E-state index in [1.54, 1.807) is 0 Å². The number of benzene rings is 1. The first kappa shape index (κ1) is 9.47. The van der Waals surface area contributed by atoms with Crippen LogP contribution in [0.25, 0.3) is 5.57 Å². The highest BCUT2D eigenvalue weighted by Crippen LogP contribution is 2.27. The van der Waals surface area contributed by atoms with Crippen LogP contribution in [-0.2, 0) is 0 Å². The molecule has 0 amide bonds. The lowest BCUT2D eigenvalue weighted by Gasteiger charge is -2.17. The molecule has 0 radical (unpaired) electrons. The van der Waals surface area contributed by atoms with E-state index in [0.717, 1.165) is 19.3 Å². The van der Waals surface area contributed by atoms with Gasteiger partial charge in [0.25, 0.3) is 0 Å². The van der Waals surface area contributed by atoms with E-state index < -0.39 is 0 Å². The molecule has 0 aliphatic heterocycles. The molecule has 1 atom stereocenters. The van der Waals surface area contributed by atoms with Crippen molar-refractivity contribution in [3.05, 3.63) is 41.5 Å². The Labute approximate surface area is 85.1 Å². The second-order valence-corrected chi connectivity index (χ2v) is 4.02. The van der Waals surface area contributed by atoms with Crippen molar-refractivity contribution < 1.29 is 5.11 Å². The molecule has 1 aromatic carbocycles. The summed E-state index contributed by atoms with van der Waals surface area (Å²) in [5.41, 5.74) is 3.85. The third kappa shape index (κ3) is 2.05. The van der Waals surface area contributed by atoms with Crippen molar-refractivity contribution in [3.8, 4) is 0 Å². The van der Waals surface area contributed by atoms with Gasteiger partial charge >= 0.3 is 0 Å². The molecule has 1 heteroatoms. The quantitative estimate of drug-likeness (QED) is 0.718. The fourth-order valence-electron chi connectivity index (χ4n) is 1.99. The molecule has 0 fully saturated rings. The van der Waals surface area contributed by atoms with Gasteiger partial charge in [0.1, 0.15) is 0 Å². The maximum atomic E-state index is 9.53. The average molecular weight is 188 g/mol. The monoisotopic (exact) mass is 188 g/mol. The highest BCUT2D eigenvalue weighted by Gasteiger charge is 2.11. The third-order valence-corrected chi connectivity index (χ3v) is 2.73. The van der Waals surface area contributed by atoms with Crippen LogP contribution in [0.1, 0.15) is 30.4 Å². The van der Waals surface area contributed by atoms with E-state index >= 15 is 0 Å². The van der Waals surface area contributed by atoms with Crippen molar-refractivity contribution >= 4 is 5.57 Å². The maximum Gasteiger partial charge on any atom is 0.0726 e. The van der Waals surface area contributed by atoms with Gasteiger partial charge in [-0.15, -0.1) is 0 Å². The number of hydrogen-bond acceptors (Lipinski definition) is 1. The Balaban J connectivity index is 2.30. The summed E-state index contributed by atoms with van der Waals surface area (Å²) < 4.78 is 0. The fraction of sp³-hybridized carbons (Fsp3) is 0.385. The van der Waals surface area contributed by atoms with E-state index in [2.05, 4.69) is 31.2 Å². The van der Waals surface area contributed by atoms with Crippen molar-refractivity contribution in [1.82, 2.24) is 0 Å². The first-order valence-electron chi connectivity index (χ1n) is 5.21. The highest BCUT2D eigenvalue weighted by molar-refractivity contribution is 5.67. The van der Waals surface area contributed by atoms with Gasteiger partial charge in [-0.3, -0.25) is 0 Å². The Morgan fingerprint density at radius 1 is 1.36 bits per heavy atom. The molecule has 0 aromatic heterocycles. The zero-order valence-electron chi connectivity index (χ0n) is 8.53. The highest BCUT2D eigenvalue weighted by atomic mass is 16.3. The van der Waals surface area contributed by atoms with Crippen molar-refractivity contribution in [2.45, 2.75) is 32.3 Å². The molecular formula is C13H16O. The SMILES string of the molecule is Cc1cccc(C2=C[C@H](O)CCC2)c1. The van der Waals surface area contributed by atoms with Crippen LogP contribution in [0.5, 0.6) is 0 Å². The molecule has 1 nitrogen and oxygen atoms in total. The minimum Gasteiger partial charge on any atom is -0.389 e. The van der Waals surface area contributed by atoms with Gasteiger partial charge in [0.05, 0.1) is 6.10 Å². The zero-order valence-corrected chi connectivity index (χ0v) is 8.53. The molecule has 0 saturated carbocycles. The Bertz CT molecular complexity index is 352. The van der Waals surface area contributed by atoms with Crippen LogP contribution in [-0.4, -0.2) is 11.2 Å². The molecule has 0 unspecified atom stereocenters. The van der Waals surface area contributed by atoms with Gasteiger partial charge in [-0.05, 0) is 37.3 Å². The lowest BCUT2D eigenvalue weighted by atomic mass is 9.92. The minimum atomic E-state index is -0.237. The van der Waals surface area contributed by atoms with Gasteiger partial charge < -0.3 is 5.11 Å². The predicted molar refractivity (Wildman–Crippen MR) is 59.0 cm³/mol. The van der Waals surface area contributed by atoms with Crippen molar-refractivity contribution in [1.29, 1.82) is 0 Å². The average Bonchev–Trinajstić information content (AvgIpc) is 2.18. The van der Waals surface area contributed by atoms with E-state index in [1.807, 2.05) is 6.08 Å².